The third-order valence-corrected chi connectivity index (χ3v) is 3.23. The minimum atomic E-state index is -0.179. The summed E-state index contributed by atoms with van der Waals surface area (Å²) in [6.07, 6.45) is 0.989. The molecule has 1 atom stereocenters. The monoisotopic (exact) mass is 265 g/mol. The van der Waals surface area contributed by atoms with Crippen LogP contribution in [0.5, 0.6) is 11.5 Å². The largest absolute Gasteiger partial charge is 0.496 e. The summed E-state index contributed by atoms with van der Waals surface area (Å²) in [7, 11) is 3.08. The number of hydrogen-bond acceptors (Lipinski definition) is 4. The molecule has 1 heterocycles. The molecule has 1 aromatic carbocycles. The van der Waals surface area contributed by atoms with E-state index in [4.69, 9.17) is 14.2 Å². The van der Waals surface area contributed by atoms with Crippen LogP contribution >= 0.6 is 0 Å². The zero-order chi connectivity index (χ0) is 13.7. The van der Waals surface area contributed by atoms with Crippen molar-refractivity contribution in [3.63, 3.8) is 0 Å². The topological polar surface area (TPSA) is 56.8 Å². The number of rotatable bonds is 5. The third kappa shape index (κ3) is 3.17. The standard InChI is InChI=1S/C14H19NO4/c1-17-11-4-3-5-12(18-2)13(11)14(16)15-8-10-6-7-19-9-10/h3-5,10H,6-9H2,1-2H3,(H,15,16)/t10-/m1/s1. The molecule has 1 fully saturated rings. The summed E-state index contributed by atoms with van der Waals surface area (Å²) in [5.74, 6) is 1.24. The van der Waals surface area contributed by atoms with Crippen molar-refractivity contribution < 1.29 is 19.0 Å². The van der Waals surface area contributed by atoms with E-state index in [0.29, 0.717) is 36.1 Å². The van der Waals surface area contributed by atoms with Crippen LogP contribution in [0.25, 0.3) is 0 Å². The van der Waals surface area contributed by atoms with E-state index in [1.807, 2.05) is 0 Å². The van der Waals surface area contributed by atoms with Crippen LogP contribution in [0.15, 0.2) is 18.2 Å². The highest BCUT2D eigenvalue weighted by atomic mass is 16.5. The fourth-order valence-electron chi connectivity index (χ4n) is 2.14. The SMILES string of the molecule is COc1cccc(OC)c1C(=O)NC[C@H]1CCOC1. The normalized spacial score (nSPS) is 18.1. The molecule has 1 saturated heterocycles. The van der Waals surface area contributed by atoms with Crippen LogP contribution in [0.3, 0.4) is 0 Å². The van der Waals surface area contributed by atoms with E-state index in [0.717, 1.165) is 13.0 Å². The summed E-state index contributed by atoms with van der Waals surface area (Å²) in [4.78, 5) is 12.2. The summed E-state index contributed by atoms with van der Waals surface area (Å²) in [6, 6.07) is 5.28. The molecule has 104 valence electrons. The van der Waals surface area contributed by atoms with Crippen molar-refractivity contribution in [3.8, 4) is 11.5 Å². The molecule has 0 saturated carbocycles. The molecule has 1 amide bonds. The van der Waals surface area contributed by atoms with Gasteiger partial charge in [-0.15, -0.1) is 0 Å². The summed E-state index contributed by atoms with van der Waals surface area (Å²) < 4.78 is 15.7. The molecular formula is C14H19NO4. The van der Waals surface area contributed by atoms with Crippen molar-refractivity contribution in [3.05, 3.63) is 23.8 Å². The molecule has 0 unspecified atom stereocenters. The molecule has 0 aliphatic carbocycles. The Balaban J connectivity index is 2.08. The third-order valence-electron chi connectivity index (χ3n) is 3.23. The Morgan fingerprint density at radius 2 is 2.05 bits per heavy atom. The van der Waals surface area contributed by atoms with Crippen LogP contribution in [-0.2, 0) is 4.74 Å². The van der Waals surface area contributed by atoms with Crippen molar-refractivity contribution in [2.75, 3.05) is 34.0 Å². The van der Waals surface area contributed by atoms with E-state index in [2.05, 4.69) is 5.32 Å². The minimum absolute atomic E-state index is 0.179. The molecule has 5 nitrogen and oxygen atoms in total. The molecular weight excluding hydrogens is 246 g/mol. The molecule has 0 spiro atoms. The van der Waals surface area contributed by atoms with E-state index in [1.54, 1.807) is 18.2 Å². The lowest BCUT2D eigenvalue weighted by molar-refractivity contribution is 0.0938. The molecule has 0 bridgehead atoms. The predicted molar refractivity (Wildman–Crippen MR) is 70.8 cm³/mol. The van der Waals surface area contributed by atoms with E-state index >= 15 is 0 Å². The highest BCUT2D eigenvalue weighted by Crippen LogP contribution is 2.28. The Hall–Kier alpha value is -1.75. The number of benzene rings is 1. The Kier molecular flexibility index (Phi) is 4.63. The van der Waals surface area contributed by atoms with Gasteiger partial charge in [-0.3, -0.25) is 4.79 Å². The number of carbonyl (C=O) groups is 1. The molecule has 1 N–H and O–H groups in total. The predicted octanol–water partition coefficient (Wildman–Crippen LogP) is 1.47. The number of methoxy groups -OCH3 is 2. The molecule has 1 aliphatic rings. The molecule has 0 aromatic heterocycles. The van der Waals surface area contributed by atoms with Crippen molar-refractivity contribution in [1.82, 2.24) is 5.32 Å². The first-order chi connectivity index (χ1) is 9.26. The second-order valence-electron chi connectivity index (χ2n) is 4.48. The van der Waals surface area contributed by atoms with Crippen LogP contribution in [0.1, 0.15) is 16.8 Å². The zero-order valence-electron chi connectivity index (χ0n) is 11.3. The van der Waals surface area contributed by atoms with Gasteiger partial charge in [-0.25, -0.2) is 0 Å². The van der Waals surface area contributed by atoms with Gasteiger partial charge in [0, 0.05) is 19.1 Å². The first kappa shape index (κ1) is 13.7. The Labute approximate surface area is 112 Å². The van der Waals surface area contributed by atoms with Gasteiger partial charge in [0.2, 0.25) is 0 Å². The van der Waals surface area contributed by atoms with Crippen LogP contribution in [0.2, 0.25) is 0 Å². The summed E-state index contributed by atoms with van der Waals surface area (Å²) in [6.45, 7) is 2.10. The fourth-order valence-corrected chi connectivity index (χ4v) is 2.14. The average molecular weight is 265 g/mol. The van der Waals surface area contributed by atoms with Gasteiger partial charge in [-0.05, 0) is 18.6 Å². The van der Waals surface area contributed by atoms with Crippen LogP contribution < -0.4 is 14.8 Å². The summed E-state index contributed by atoms with van der Waals surface area (Å²) in [5.41, 5.74) is 0.436. The second kappa shape index (κ2) is 6.43. The van der Waals surface area contributed by atoms with Crippen molar-refractivity contribution in [2.24, 2.45) is 5.92 Å². The van der Waals surface area contributed by atoms with Gasteiger partial charge in [-0.2, -0.15) is 0 Å². The highest BCUT2D eigenvalue weighted by molar-refractivity contribution is 5.99. The quantitative estimate of drug-likeness (QED) is 0.876. The number of carbonyl (C=O) groups excluding carboxylic acids is 1. The lowest BCUT2D eigenvalue weighted by Gasteiger charge is -2.14. The Morgan fingerprint density at radius 1 is 1.37 bits per heavy atom. The molecule has 19 heavy (non-hydrogen) atoms. The lowest BCUT2D eigenvalue weighted by atomic mass is 10.1. The van der Waals surface area contributed by atoms with E-state index < -0.39 is 0 Å². The number of hydrogen-bond donors (Lipinski definition) is 1. The van der Waals surface area contributed by atoms with Crippen molar-refractivity contribution >= 4 is 5.91 Å². The van der Waals surface area contributed by atoms with Gasteiger partial charge in [0.05, 0.1) is 20.8 Å². The maximum absolute atomic E-state index is 12.2. The Morgan fingerprint density at radius 3 is 2.58 bits per heavy atom. The molecule has 0 radical (unpaired) electrons. The van der Waals surface area contributed by atoms with Crippen LogP contribution in [0.4, 0.5) is 0 Å². The van der Waals surface area contributed by atoms with Gasteiger partial charge in [-0.1, -0.05) is 6.07 Å². The Bertz CT molecular complexity index is 419. The first-order valence-corrected chi connectivity index (χ1v) is 6.33. The maximum Gasteiger partial charge on any atom is 0.258 e. The fraction of sp³-hybridized carbons (Fsp3) is 0.500. The average Bonchev–Trinajstić information content (AvgIpc) is 2.97. The van der Waals surface area contributed by atoms with Crippen molar-refractivity contribution in [2.45, 2.75) is 6.42 Å². The number of amides is 1. The molecule has 2 rings (SSSR count). The van der Waals surface area contributed by atoms with Crippen LogP contribution in [0, 0.1) is 5.92 Å². The summed E-state index contributed by atoms with van der Waals surface area (Å²) >= 11 is 0. The van der Waals surface area contributed by atoms with Gasteiger partial charge in [0.15, 0.2) is 0 Å². The smallest absolute Gasteiger partial charge is 0.258 e. The highest BCUT2D eigenvalue weighted by Gasteiger charge is 2.21. The van der Waals surface area contributed by atoms with Gasteiger partial charge in [0.25, 0.3) is 5.91 Å². The molecule has 1 aromatic rings. The zero-order valence-corrected chi connectivity index (χ0v) is 11.3. The van der Waals surface area contributed by atoms with E-state index in [9.17, 15) is 4.79 Å². The van der Waals surface area contributed by atoms with E-state index in [-0.39, 0.29) is 5.91 Å². The lowest BCUT2D eigenvalue weighted by Crippen LogP contribution is -2.30. The minimum Gasteiger partial charge on any atom is -0.496 e. The second-order valence-corrected chi connectivity index (χ2v) is 4.48. The van der Waals surface area contributed by atoms with Gasteiger partial charge in [0.1, 0.15) is 17.1 Å². The van der Waals surface area contributed by atoms with E-state index in [1.165, 1.54) is 14.2 Å². The van der Waals surface area contributed by atoms with Crippen LogP contribution in [-0.4, -0.2) is 39.9 Å². The molecule has 5 heteroatoms. The van der Waals surface area contributed by atoms with Crippen molar-refractivity contribution in [1.29, 1.82) is 0 Å². The number of nitrogens with one attached hydrogen (secondary N) is 1. The number of ether oxygens (including phenoxy) is 3. The molecule has 1 aliphatic heterocycles. The van der Waals surface area contributed by atoms with Gasteiger partial charge >= 0.3 is 0 Å². The first-order valence-electron chi connectivity index (χ1n) is 6.33. The maximum atomic E-state index is 12.2. The summed E-state index contributed by atoms with van der Waals surface area (Å²) in [5, 5.41) is 2.91. The van der Waals surface area contributed by atoms with Gasteiger partial charge < -0.3 is 19.5 Å².